The first-order chi connectivity index (χ1) is 7.74. The topological polar surface area (TPSA) is 68.0 Å². The minimum Gasteiger partial charge on any atom is -0.327 e. The number of rotatable bonds is 2. The Balaban J connectivity index is 1.70. The normalized spacial score (nSPS) is 27.3. The number of hydrogen-bond donors (Lipinski definition) is 2. The molecule has 3 N–H and O–H groups in total. The first-order valence-electron chi connectivity index (χ1n) is 5.79. The number of nitrogens with zero attached hydrogens (tertiary/aromatic N) is 1. The molecule has 1 aromatic rings. The molecule has 2 aliphatic rings. The molecule has 16 heavy (non-hydrogen) atoms. The molecule has 1 fully saturated rings. The molecule has 1 amide bonds. The molecule has 3 rings (SSSR count). The summed E-state index contributed by atoms with van der Waals surface area (Å²) in [5.74, 6) is 0.0551. The molecule has 0 saturated heterocycles. The molecule has 0 bridgehead atoms. The molecule has 86 valence electrons. The van der Waals surface area contributed by atoms with Crippen LogP contribution in [0, 0.1) is 5.92 Å². The Hall–Kier alpha value is -0.940. The number of aryl methyl sites for hydroxylation is 2. The van der Waals surface area contributed by atoms with Gasteiger partial charge in [-0.15, -0.1) is 11.3 Å². The van der Waals surface area contributed by atoms with Gasteiger partial charge in [-0.3, -0.25) is 4.79 Å². The standard InChI is InChI=1S/C11H15N3OS/c12-7-5-6(7)10(15)14-11-13-8-3-1-2-4-9(8)16-11/h6-7H,1-5,12H2,(H,13,14,15). The van der Waals surface area contributed by atoms with Crippen LogP contribution in [0.4, 0.5) is 5.13 Å². The van der Waals surface area contributed by atoms with Gasteiger partial charge in [-0.25, -0.2) is 4.98 Å². The fourth-order valence-corrected chi connectivity index (χ4v) is 3.17. The first kappa shape index (κ1) is 10.2. The average molecular weight is 237 g/mol. The number of aromatic nitrogens is 1. The van der Waals surface area contributed by atoms with Gasteiger partial charge >= 0.3 is 0 Å². The second-order valence-corrected chi connectivity index (χ2v) is 5.67. The highest BCUT2D eigenvalue weighted by molar-refractivity contribution is 7.15. The molecule has 0 radical (unpaired) electrons. The minimum atomic E-state index is 0.0147. The van der Waals surface area contributed by atoms with Gasteiger partial charge in [0.2, 0.25) is 5.91 Å². The number of fused-ring (bicyclic) bond motifs is 1. The van der Waals surface area contributed by atoms with E-state index in [4.69, 9.17) is 5.73 Å². The van der Waals surface area contributed by atoms with Crippen molar-refractivity contribution in [3.63, 3.8) is 0 Å². The van der Waals surface area contributed by atoms with Gasteiger partial charge in [-0.2, -0.15) is 0 Å². The summed E-state index contributed by atoms with van der Waals surface area (Å²) in [7, 11) is 0. The van der Waals surface area contributed by atoms with Crippen molar-refractivity contribution in [3.8, 4) is 0 Å². The molecule has 2 atom stereocenters. The summed E-state index contributed by atoms with van der Waals surface area (Å²) in [5, 5.41) is 3.64. The lowest BCUT2D eigenvalue weighted by atomic mass is 10.0. The molecule has 0 aromatic carbocycles. The van der Waals surface area contributed by atoms with Crippen LogP contribution >= 0.6 is 11.3 Å². The van der Waals surface area contributed by atoms with Crippen LogP contribution in [0.2, 0.25) is 0 Å². The smallest absolute Gasteiger partial charge is 0.230 e. The molecule has 0 spiro atoms. The monoisotopic (exact) mass is 237 g/mol. The predicted molar refractivity (Wildman–Crippen MR) is 63.5 cm³/mol. The Labute approximate surface area is 98.3 Å². The van der Waals surface area contributed by atoms with E-state index in [1.807, 2.05) is 0 Å². The van der Waals surface area contributed by atoms with Gasteiger partial charge in [-0.1, -0.05) is 0 Å². The number of thiazole rings is 1. The zero-order chi connectivity index (χ0) is 11.1. The van der Waals surface area contributed by atoms with Crippen molar-refractivity contribution in [2.75, 3.05) is 5.32 Å². The molecular formula is C11H15N3OS. The number of hydrogen-bond acceptors (Lipinski definition) is 4. The fourth-order valence-electron chi connectivity index (χ4n) is 2.12. The summed E-state index contributed by atoms with van der Waals surface area (Å²) < 4.78 is 0. The first-order valence-corrected chi connectivity index (χ1v) is 6.61. The summed E-state index contributed by atoms with van der Waals surface area (Å²) in [6.45, 7) is 0. The SMILES string of the molecule is NC1CC1C(=O)Nc1nc2c(s1)CCCC2. The molecule has 4 nitrogen and oxygen atoms in total. The van der Waals surface area contributed by atoms with Crippen LogP contribution in [0.1, 0.15) is 29.8 Å². The van der Waals surface area contributed by atoms with Crippen molar-refractivity contribution in [2.24, 2.45) is 11.7 Å². The van der Waals surface area contributed by atoms with E-state index < -0.39 is 0 Å². The fraction of sp³-hybridized carbons (Fsp3) is 0.636. The number of carbonyl (C=O) groups is 1. The van der Waals surface area contributed by atoms with Crippen molar-refractivity contribution in [3.05, 3.63) is 10.6 Å². The van der Waals surface area contributed by atoms with Crippen molar-refractivity contribution >= 4 is 22.4 Å². The van der Waals surface area contributed by atoms with Crippen molar-refractivity contribution in [2.45, 2.75) is 38.1 Å². The molecule has 2 unspecified atom stereocenters. The summed E-state index contributed by atoms with van der Waals surface area (Å²) >= 11 is 1.63. The Bertz CT molecular complexity index is 405. The van der Waals surface area contributed by atoms with Gasteiger partial charge in [-0.05, 0) is 32.1 Å². The summed E-state index contributed by atoms with van der Waals surface area (Å²) in [6, 6.07) is 0.0644. The number of nitrogens with two attached hydrogens (primary N) is 1. The Kier molecular flexibility index (Phi) is 2.44. The van der Waals surface area contributed by atoms with Gasteiger partial charge in [0.05, 0.1) is 11.6 Å². The lowest BCUT2D eigenvalue weighted by Gasteiger charge is -2.06. The molecule has 2 aliphatic carbocycles. The van der Waals surface area contributed by atoms with E-state index in [0.29, 0.717) is 0 Å². The molecule has 1 heterocycles. The van der Waals surface area contributed by atoms with E-state index in [2.05, 4.69) is 10.3 Å². The third kappa shape index (κ3) is 1.85. The quantitative estimate of drug-likeness (QED) is 0.815. The van der Waals surface area contributed by atoms with Crippen LogP contribution in [-0.4, -0.2) is 16.9 Å². The predicted octanol–water partition coefficient (Wildman–Crippen LogP) is 1.31. The molecular weight excluding hydrogens is 222 g/mol. The highest BCUT2D eigenvalue weighted by Gasteiger charge is 2.40. The zero-order valence-electron chi connectivity index (χ0n) is 9.03. The lowest BCUT2D eigenvalue weighted by molar-refractivity contribution is -0.117. The third-order valence-corrected chi connectivity index (χ3v) is 4.33. The van der Waals surface area contributed by atoms with E-state index in [1.54, 1.807) is 11.3 Å². The number of nitrogens with one attached hydrogen (secondary N) is 1. The summed E-state index contributed by atoms with van der Waals surface area (Å²) in [6.07, 6.45) is 5.46. The highest BCUT2D eigenvalue weighted by Crippen LogP contribution is 2.32. The van der Waals surface area contributed by atoms with E-state index in [1.165, 1.54) is 23.4 Å². The van der Waals surface area contributed by atoms with Crippen LogP contribution in [0.25, 0.3) is 0 Å². The van der Waals surface area contributed by atoms with Crippen LogP contribution in [0.15, 0.2) is 0 Å². The third-order valence-electron chi connectivity index (χ3n) is 3.25. The van der Waals surface area contributed by atoms with Crippen molar-refractivity contribution < 1.29 is 4.79 Å². The van der Waals surface area contributed by atoms with Crippen molar-refractivity contribution in [1.29, 1.82) is 0 Å². The minimum absolute atomic E-state index is 0.0147. The molecule has 0 aliphatic heterocycles. The maximum atomic E-state index is 11.7. The second-order valence-electron chi connectivity index (χ2n) is 4.59. The Morgan fingerprint density at radius 2 is 2.19 bits per heavy atom. The van der Waals surface area contributed by atoms with E-state index >= 15 is 0 Å². The maximum Gasteiger partial charge on any atom is 0.230 e. The van der Waals surface area contributed by atoms with Gasteiger partial charge in [0.15, 0.2) is 5.13 Å². The van der Waals surface area contributed by atoms with Gasteiger partial charge in [0, 0.05) is 10.9 Å². The Morgan fingerprint density at radius 3 is 2.88 bits per heavy atom. The van der Waals surface area contributed by atoms with E-state index in [-0.39, 0.29) is 17.9 Å². The number of anilines is 1. The Morgan fingerprint density at radius 1 is 1.44 bits per heavy atom. The van der Waals surface area contributed by atoms with Gasteiger partial charge < -0.3 is 11.1 Å². The average Bonchev–Trinajstić information content (AvgIpc) is 2.87. The van der Waals surface area contributed by atoms with E-state index in [9.17, 15) is 4.79 Å². The molecule has 5 heteroatoms. The van der Waals surface area contributed by atoms with Crippen LogP contribution in [-0.2, 0) is 17.6 Å². The number of carbonyl (C=O) groups excluding carboxylic acids is 1. The molecule has 1 aromatic heterocycles. The van der Waals surface area contributed by atoms with Crippen molar-refractivity contribution in [1.82, 2.24) is 4.98 Å². The maximum absolute atomic E-state index is 11.7. The lowest BCUT2D eigenvalue weighted by Crippen LogP contribution is -2.18. The van der Waals surface area contributed by atoms with Gasteiger partial charge in [0.25, 0.3) is 0 Å². The molecule has 1 saturated carbocycles. The van der Waals surface area contributed by atoms with Gasteiger partial charge in [0.1, 0.15) is 0 Å². The largest absolute Gasteiger partial charge is 0.327 e. The summed E-state index contributed by atoms with van der Waals surface area (Å²) in [4.78, 5) is 17.5. The summed E-state index contributed by atoms with van der Waals surface area (Å²) in [5.41, 5.74) is 6.83. The van der Waals surface area contributed by atoms with Crippen LogP contribution in [0.3, 0.4) is 0 Å². The van der Waals surface area contributed by atoms with Crippen LogP contribution < -0.4 is 11.1 Å². The second kappa shape index (κ2) is 3.82. The zero-order valence-corrected chi connectivity index (χ0v) is 9.85. The number of amides is 1. The van der Waals surface area contributed by atoms with E-state index in [0.717, 1.165) is 24.4 Å². The van der Waals surface area contributed by atoms with Crippen LogP contribution in [0.5, 0.6) is 0 Å². The highest BCUT2D eigenvalue weighted by atomic mass is 32.1.